The summed E-state index contributed by atoms with van der Waals surface area (Å²) in [6, 6.07) is 7.20. The molecule has 1 aromatic carbocycles. The van der Waals surface area contributed by atoms with Gasteiger partial charge in [0.2, 0.25) is 0 Å². The minimum atomic E-state index is 0.256. The quantitative estimate of drug-likeness (QED) is 0.827. The van der Waals surface area contributed by atoms with Crippen molar-refractivity contribution in [1.82, 2.24) is 4.90 Å². The highest BCUT2D eigenvalue weighted by Crippen LogP contribution is 2.60. The van der Waals surface area contributed by atoms with Gasteiger partial charge in [-0.2, -0.15) is 0 Å². The molecule has 0 amide bonds. The van der Waals surface area contributed by atoms with Gasteiger partial charge in [-0.1, -0.05) is 13.0 Å². The third kappa shape index (κ3) is 2.05. The van der Waals surface area contributed by atoms with Crippen LogP contribution in [0.1, 0.15) is 38.2 Å². The average molecular weight is 303 g/mol. The van der Waals surface area contributed by atoms with Gasteiger partial charge >= 0.3 is 0 Å². The average Bonchev–Trinajstić information content (AvgIpc) is 3.13. The molecule has 4 atom stereocenters. The van der Waals surface area contributed by atoms with Crippen LogP contribution in [-0.4, -0.2) is 39.3 Å². The van der Waals surface area contributed by atoms with Crippen molar-refractivity contribution in [2.24, 2.45) is 11.8 Å². The lowest BCUT2D eigenvalue weighted by molar-refractivity contribution is 0.105. The molecule has 2 aliphatic rings. The molecule has 2 unspecified atom stereocenters. The second-order valence-corrected chi connectivity index (χ2v) is 7.14. The lowest BCUT2D eigenvalue weighted by Crippen LogP contribution is -2.51. The van der Waals surface area contributed by atoms with E-state index in [0.717, 1.165) is 23.3 Å². The predicted molar refractivity (Wildman–Crippen MR) is 89.8 cm³/mol. The Morgan fingerprint density at radius 2 is 1.86 bits per heavy atom. The number of hydrogen-bond acceptors (Lipinski definition) is 3. The van der Waals surface area contributed by atoms with Crippen LogP contribution in [0.25, 0.3) is 0 Å². The third-order valence-corrected chi connectivity index (χ3v) is 6.24. The van der Waals surface area contributed by atoms with E-state index in [1.165, 1.54) is 31.2 Å². The van der Waals surface area contributed by atoms with E-state index in [-0.39, 0.29) is 5.41 Å². The van der Waals surface area contributed by atoms with Gasteiger partial charge in [0.15, 0.2) is 11.5 Å². The number of nitrogens with zero attached hydrogens (tertiary/aromatic N) is 1. The van der Waals surface area contributed by atoms with Crippen LogP contribution in [0.2, 0.25) is 0 Å². The van der Waals surface area contributed by atoms with Crippen LogP contribution in [0.15, 0.2) is 18.2 Å². The van der Waals surface area contributed by atoms with Crippen LogP contribution in [0.4, 0.5) is 0 Å². The molecule has 0 aliphatic heterocycles. The predicted octanol–water partition coefficient (Wildman–Crippen LogP) is 3.71. The van der Waals surface area contributed by atoms with Gasteiger partial charge in [0, 0.05) is 11.5 Å². The molecule has 3 nitrogen and oxygen atoms in total. The molecule has 22 heavy (non-hydrogen) atoms. The fourth-order valence-electron chi connectivity index (χ4n) is 5.55. The maximum Gasteiger partial charge on any atom is 0.161 e. The van der Waals surface area contributed by atoms with Crippen molar-refractivity contribution in [3.05, 3.63) is 23.8 Å². The van der Waals surface area contributed by atoms with Crippen LogP contribution in [0, 0.1) is 11.8 Å². The van der Waals surface area contributed by atoms with Crippen molar-refractivity contribution in [3.63, 3.8) is 0 Å². The van der Waals surface area contributed by atoms with Crippen molar-refractivity contribution in [1.29, 1.82) is 0 Å². The lowest BCUT2D eigenvalue weighted by atomic mass is 9.63. The number of methoxy groups -OCH3 is 2. The van der Waals surface area contributed by atoms with E-state index in [9.17, 15) is 0 Å². The Morgan fingerprint density at radius 1 is 1.14 bits per heavy atom. The number of ether oxygens (including phenoxy) is 2. The van der Waals surface area contributed by atoms with E-state index >= 15 is 0 Å². The van der Waals surface area contributed by atoms with Crippen molar-refractivity contribution >= 4 is 0 Å². The van der Waals surface area contributed by atoms with Crippen LogP contribution in [-0.2, 0) is 5.41 Å². The molecule has 3 rings (SSSR count). The first-order valence-corrected chi connectivity index (χ1v) is 8.47. The number of likely N-dealkylation sites (N-methyl/N-ethyl adjacent to an activating group) is 1. The molecule has 3 heteroatoms. The zero-order valence-corrected chi connectivity index (χ0v) is 14.6. The van der Waals surface area contributed by atoms with E-state index in [1.54, 1.807) is 14.2 Å². The number of rotatable bonds is 5. The smallest absolute Gasteiger partial charge is 0.161 e. The summed E-state index contributed by atoms with van der Waals surface area (Å²) >= 11 is 0. The Bertz CT molecular complexity index is 542. The van der Waals surface area contributed by atoms with E-state index in [2.05, 4.69) is 44.1 Å². The molecule has 2 bridgehead atoms. The summed E-state index contributed by atoms with van der Waals surface area (Å²) in [6.45, 7) is 2.36. The van der Waals surface area contributed by atoms with Gasteiger partial charge in [0.05, 0.1) is 14.2 Å². The lowest BCUT2D eigenvalue weighted by Gasteiger charge is -2.47. The van der Waals surface area contributed by atoms with Gasteiger partial charge in [0.1, 0.15) is 0 Å². The van der Waals surface area contributed by atoms with Crippen molar-refractivity contribution in [2.45, 2.75) is 44.1 Å². The first kappa shape index (κ1) is 15.7. The maximum absolute atomic E-state index is 5.56. The van der Waals surface area contributed by atoms with Crippen molar-refractivity contribution < 1.29 is 9.47 Å². The molecular formula is C19H29NO2. The molecule has 0 N–H and O–H groups in total. The van der Waals surface area contributed by atoms with E-state index in [4.69, 9.17) is 9.47 Å². The number of fused-ring (bicyclic) bond motifs is 2. The highest BCUT2D eigenvalue weighted by Gasteiger charge is 2.58. The summed E-state index contributed by atoms with van der Waals surface area (Å²) in [7, 11) is 7.92. The summed E-state index contributed by atoms with van der Waals surface area (Å²) in [5.74, 6) is 3.32. The molecular weight excluding hydrogens is 274 g/mol. The first-order chi connectivity index (χ1) is 10.6. The van der Waals surface area contributed by atoms with Gasteiger partial charge in [-0.15, -0.1) is 0 Å². The number of hydrogen-bond donors (Lipinski definition) is 0. The Labute approximate surface area is 134 Å². The summed E-state index contributed by atoms with van der Waals surface area (Å²) < 4.78 is 11.0. The Balaban J connectivity index is 2.10. The van der Waals surface area contributed by atoms with Crippen LogP contribution in [0.3, 0.4) is 0 Å². The van der Waals surface area contributed by atoms with Crippen LogP contribution in [0.5, 0.6) is 11.5 Å². The molecule has 1 aromatic rings. The van der Waals surface area contributed by atoms with Crippen molar-refractivity contribution in [2.75, 3.05) is 28.3 Å². The Hall–Kier alpha value is -1.22. The van der Waals surface area contributed by atoms with Gasteiger partial charge in [-0.05, 0) is 69.3 Å². The molecule has 2 saturated carbocycles. The summed E-state index contributed by atoms with van der Waals surface area (Å²) in [5, 5.41) is 0. The van der Waals surface area contributed by atoms with E-state index < -0.39 is 0 Å². The zero-order valence-electron chi connectivity index (χ0n) is 14.6. The molecule has 122 valence electrons. The second-order valence-electron chi connectivity index (χ2n) is 7.14. The SMILES string of the molecule is CC[C@@]1(c2ccc(OC)c(OC)c2)C(N(C)C)C2CC[C@H]1C2. The molecule has 0 saturated heterocycles. The zero-order chi connectivity index (χ0) is 15.9. The highest BCUT2D eigenvalue weighted by molar-refractivity contribution is 5.47. The maximum atomic E-state index is 5.56. The Kier molecular flexibility index (Phi) is 4.11. The van der Waals surface area contributed by atoms with E-state index in [0.29, 0.717) is 6.04 Å². The van der Waals surface area contributed by atoms with Crippen LogP contribution >= 0.6 is 0 Å². The Morgan fingerprint density at radius 3 is 2.45 bits per heavy atom. The largest absolute Gasteiger partial charge is 0.493 e. The van der Waals surface area contributed by atoms with Gasteiger partial charge in [0.25, 0.3) is 0 Å². The van der Waals surface area contributed by atoms with Gasteiger partial charge in [-0.25, -0.2) is 0 Å². The minimum absolute atomic E-state index is 0.256. The molecule has 0 radical (unpaired) electrons. The van der Waals surface area contributed by atoms with Crippen LogP contribution < -0.4 is 9.47 Å². The molecule has 2 aliphatic carbocycles. The third-order valence-electron chi connectivity index (χ3n) is 6.24. The normalized spacial score (nSPS) is 33.5. The molecule has 2 fully saturated rings. The topological polar surface area (TPSA) is 21.7 Å². The first-order valence-electron chi connectivity index (χ1n) is 8.47. The summed E-state index contributed by atoms with van der Waals surface area (Å²) in [4.78, 5) is 2.46. The fourth-order valence-corrected chi connectivity index (χ4v) is 5.55. The fraction of sp³-hybridized carbons (Fsp3) is 0.684. The minimum Gasteiger partial charge on any atom is -0.493 e. The second kappa shape index (κ2) is 5.77. The van der Waals surface area contributed by atoms with E-state index in [1.807, 2.05) is 0 Å². The molecule has 0 aromatic heterocycles. The number of benzene rings is 1. The van der Waals surface area contributed by atoms with Gasteiger partial charge < -0.3 is 14.4 Å². The monoisotopic (exact) mass is 303 g/mol. The summed E-state index contributed by atoms with van der Waals surface area (Å²) in [6.07, 6.45) is 5.33. The highest BCUT2D eigenvalue weighted by atomic mass is 16.5. The summed E-state index contributed by atoms with van der Waals surface area (Å²) in [5.41, 5.74) is 1.69. The molecule has 0 spiro atoms. The molecule has 0 heterocycles. The van der Waals surface area contributed by atoms with Crippen molar-refractivity contribution in [3.8, 4) is 11.5 Å². The van der Waals surface area contributed by atoms with Gasteiger partial charge in [-0.3, -0.25) is 0 Å². The standard InChI is InChI=1S/C19H29NO2/c1-6-19(14-8-7-13(11-14)18(19)20(2)3)15-9-10-16(21-4)17(12-15)22-5/h9-10,12-14,18H,6-8,11H2,1-5H3/t13?,14-,18?,19+/m0/s1.